The minimum Gasteiger partial charge on any atom is -0.508 e. The lowest BCUT2D eigenvalue weighted by Crippen LogP contribution is -2.70. The van der Waals surface area contributed by atoms with Crippen LogP contribution in [0, 0.1) is 0 Å². The zero-order valence-corrected chi connectivity index (χ0v) is 41.0. The number of phenols is 2. The first-order valence-electron chi connectivity index (χ1n) is 22.6. The first-order chi connectivity index (χ1) is 34.9. The molecule has 19 heteroatoms. The van der Waals surface area contributed by atoms with Gasteiger partial charge in [-0.2, -0.15) is 0 Å². The molecular formula is C54H44N5O12S2+. The number of nitrogens with one attached hydrogen (secondary N) is 2. The molecular weight excluding hydrogens is 975 g/mol. The number of hydrogen-bond donors (Lipinski definition) is 6. The Labute approximate surface area is 423 Å². The van der Waals surface area contributed by atoms with Gasteiger partial charge in [-0.3, -0.25) is 24.1 Å². The Hall–Kier alpha value is -8.55. The van der Waals surface area contributed by atoms with Gasteiger partial charge in [0.2, 0.25) is 11.3 Å². The van der Waals surface area contributed by atoms with Crippen molar-refractivity contribution in [3.8, 4) is 56.4 Å². The van der Waals surface area contributed by atoms with E-state index in [0.29, 0.717) is 44.6 Å². The number of phenolic OH excluding ortho intramolecular Hbond substituents is 2. The third-order valence-electron chi connectivity index (χ3n) is 12.8. The Bertz CT molecular complexity index is 3780. The number of aromatic carboxylic acids is 1. The van der Waals surface area contributed by atoms with Crippen molar-refractivity contribution in [1.82, 2.24) is 14.8 Å². The molecule has 17 nitrogen and oxygen atoms in total. The minimum atomic E-state index is -1.34. The average Bonchev–Trinajstić information content (AvgIpc) is 3.36. The number of aromatic hydroxyl groups is 2. The van der Waals surface area contributed by atoms with Crippen LogP contribution in [-0.4, -0.2) is 112 Å². The molecule has 0 bridgehead atoms. The summed E-state index contributed by atoms with van der Waals surface area (Å²) in [5.74, 6) is -3.71. The predicted octanol–water partition coefficient (Wildman–Crippen LogP) is 7.01. The van der Waals surface area contributed by atoms with E-state index in [1.165, 1.54) is 66.4 Å². The van der Waals surface area contributed by atoms with Crippen LogP contribution in [0.25, 0.3) is 66.8 Å². The van der Waals surface area contributed by atoms with Crippen LogP contribution in [0.4, 0.5) is 11.4 Å². The van der Waals surface area contributed by atoms with Crippen molar-refractivity contribution in [2.75, 3.05) is 55.7 Å². The van der Waals surface area contributed by atoms with E-state index >= 15 is 0 Å². The standard InChI is InChI=1S/C54H43N5O12S2/c1-57(2)29-7-13-35-41(19-29)70-42-20-30(58(3)4)8-14-36(42)46(35)34-11-5-26(17-40(34)62)50(64)56-48-51(65)59-49(54(68)69)27(24-73-52(48)59)23-72-25-45(63)55-28-6-12-33(53(66)67)39(18-28)47-37-15-9-31(60)21-43(37)71-44-22-32(61)10-16-38(44)47/h5-22,48,52H,23-25H2,1-4H3,(H5,55,56,60,61,63,64,66,67,68,69)/p+1. The van der Waals surface area contributed by atoms with E-state index in [1.54, 1.807) is 18.2 Å². The van der Waals surface area contributed by atoms with Crippen molar-refractivity contribution >= 4 is 86.5 Å². The number of carbonyl (C=O) groups excluding carboxylic acids is 3. The van der Waals surface area contributed by atoms with E-state index in [1.807, 2.05) is 74.1 Å². The number of β-lactam (4-membered cyclic amide) rings is 1. The number of aliphatic carboxylic acids is 1. The van der Waals surface area contributed by atoms with Crippen molar-refractivity contribution in [2.45, 2.75) is 11.4 Å². The van der Waals surface area contributed by atoms with Gasteiger partial charge in [0.05, 0.1) is 17.4 Å². The van der Waals surface area contributed by atoms with Crippen LogP contribution in [0.15, 0.2) is 134 Å². The zero-order valence-electron chi connectivity index (χ0n) is 39.4. The van der Waals surface area contributed by atoms with Crippen LogP contribution in [-0.2, 0) is 14.4 Å². The number of fused-ring (bicyclic) bond motifs is 5. The first kappa shape index (κ1) is 48.1. The molecule has 0 radical (unpaired) electrons. The minimum absolute atomic E-state index is 0.0815. The van der Waals surface area contributed by atoms with Crippen molar-refractivity contribution in [1.29, 1.82) is 0 Å². The van der Waals surface area contributed by atoms with Crippen LogP contribution in [0.2, 0.25) is 0 Å². The highest BCUT2D eigenvalue weighted by Crippen LogP contribution is 2.46. The number of nitrogens with zero attached hydrogens (tertiary/aromatic N) is 3. The molecule has 10 rings (SSSR count). The third kappa shape index (κ3) is 8.86. The van der Waals surface area contributed by atoms with Gasteiger partial charge in [-0.05, 0) is 90.0 Å². The maximum absolute atomic E-state index is 13.7. The molecule has 4 aromatic carbocycles. The summed E-state index contributed by atoms with van der Waals surface area (Å²) in [5.41, 5.74) is 4.75. The monoisotopic (exact) mass is 1020 g/mol. The molecule has 3 amide bonds. The second kappa shape index (κ2) is 18.9. The number of anilines is 2. The Morgan fingerprint density at radius 2 is 1.45 bits per heavy atom. The molecule has 6 aliphatic rings. The van der Waals surface area contributed by atoms with E-state index in [2.05, 4.69) is 10.6 Å². The van der Waals surface area contributed by atoms with Gasteiger partial charge in [0.15, 0.2) is 5.43 Å². The molecule has 368 valence electrons. The molecule has 1 saturated heterocycles. The van der Waals surface area contributed by atoms with Crippen molar-refractivity contribution in [3.05, 3.63) is 147 Å². The van der Waals surface area contributed by atoms with Crippen LogP contribution in [0.5, 0.6) is 11.5 Å². The summed E-state index contributed by atoms with van der Waals surface area (Å²) < 4.78 is 14.3. The second-order valence-corrected chi connectivity index (χ2v) is 20.0. The number of carbonyl (C=O) groups is 5. The van der Waals surface area contributed by atoms with E-state index in [-0.39, 0.29) is 73.6 Å². The highest BCUT2D eigenvalue weighted by Gasteiger charge is 2.54. The SMILES string of the molecule is CN(C)c1ccc2c(-c3ccc(C(=O)NC4C(=O)N5C(C(=O)O)=C(CSCC(=O)Nc6ccc(C(=O)O)c(-c7c8ccc(=O)cc-8oc8cc(O)ccc78)c6)CSC45)cc3O)c3ccc(=[N+](C)C)cc-3oc2c1. The quantitative estimate of drug-likeness (QED) is 0.0410. The lowest BCUT2D eigenvalue weighted by Gasteiger charge is -2.49. The number of rotatable bonds is 12. The van der Waals surface area contributed by atoms with Crippen molar-refractivity contribution in [3.63, 3.8) is 0 Å². The number of carboxylic acid groups (broad SMARTS) is 2. The summed E-state index contributed by atoms with van der Waals surface area (Å²) in [6.45, 7) is 0. The number of amides is 3. The summed E-state index contributed by atoms with van der Waals surface area (Å²) >= 11 is 2.39. The van der Waals surface area contributed by atoms with E-state index in [9.17, 15) is 49.2 Å². The maximum atomic E-state index is 13.7. The van der Waals surface area contributed by atoms with Gasteiger partial charge in [0.1, 0.15) is 65.4 Å². The Kier molecular flexibility index (Phi) is 12.4. The molecule has 1 fully saturated rings. The summed E-state index contributed by atoms with van der Waals surface area (Å²) in [5, 5.41) is 49.2. The fraction of sp³-hybridized carbons (Fsp3) is 0.167. The second-order valence-electron chi connectivity index (χ2n) is 17.9. The fourth-order valence-electron chi connectivity index (χ4n) is 9.25. The molecule has 4 aliphatic heterocycles. The summed E-state index contributed by atoms with van der Waals surface area (Å²) in [4.78, 5) is 81.4. The lowest BCUT2D eigenvalue weighted by atomic mass is 9.90. The number of benzene rings is 6. The fourth-order valence-corrected chi connectivity index (χ4v) is 11.6. The molecule has 2 aliphatic carbocycles. The van der Waals surface area contributed by atoms with Gasteiger partial charge in [-0.25, -0.2) is 14.2 Å². The summed E-state index contributed by atoms with van der Waals surface area (Å²) in [6.07, 6.45) is 0. The smallest absolute Gasteiger partial charge is 0.352 e. The van der Waals surface area contributed by atoms with Gasteiger partial charge in [-0.1, -0.05) is 0 Å². The molecule has 0 saturated carbocycles. The highest BCUT2D eigenvalue weighted by atomic mass is 32.2. The highest BCUT2D eigenvalue weighted by molar-refractivity contribution is 8.01. The van der Waals surface area contributed by atoms with E-state index < -0.39 is 41.1 Å². The predicted molar refractivity (Wildman–Crippen MR) is 280 cm³/mol. The van der Waals surface area contributed by atoms with Crippen molar-refractivity contribution in [2.24, 2.45) is 0 Å². The average molecular weight is 1020 g/mol. The number of hydrogen-bond acceptors (Lipinski definition) is 13. The lowest BCUT2D eigenvalue weighted by molar-refractivity contribution is -0.148. The van der Waals surface area contributed by atoms with Crippen LogP contribution in [0.3, 0.4) is 0 Å². The van der Waals surface area contributed by atoms with E-state index in [0.717, 1.165) is 38.7 Å². The number of thioether (sulfide) groups is 2. The third-order valence-corrected chi connectivity index (χ3v) is 15.1. The Morgan fingerprint density at radius 1 is 0.767 bits per heavy atom. The van der Waals surface area contributed by atoms with Gasteiger partial charge >= 0.3 is 11.9 Å². The zero-order chi connectivity index (χ0) is 51.6. The molecule has 4 heterocycles. The van der Waals surface area contributed by atoms with Crippen LogP contribution in [0.1, 0.15) is 20.7 Å². The molecule has 2 atom stereocenters. The van der Waals surface area contributed by atoms with Crippen LogP contribution < -0.4 is 30.9 Å². The van der Waals surface area contributed by atoms with E-state index in [4.69, 9.17) is 8.83 Å². The largest absolute Gasteiger partial charge is 0.508 e. The summed E-state index contributed by atoms with van der Waals surface area (Å²) in [7, 11) is 7.71. The van der Waals surface area contributed by atoms with Gasteiger partial charge in [0, 0.05) is 105 Å². The Balaban J connectivity index is 0.830. The van der Waals surface area contributed by atoms with Gasteiger partial charge < -0.3 is 44.8 Å². The van der Waals surface area contributed by atoms with Gasteiger partial charge in [0.25, 0.3) is 11.8 Å². The molecule has 2 unspecified atom stereocenters. The molecule has 6 N–H and O–H groups in total. The first-order valence-corrected chi connectivity index (χ1v) is 24.8. The molecule has 4 aromatic rings. The normalized spacial score (nSPS) is 15.3. The van der Waals surface area contributed by atoms with Crippen molar-refractivity contribution < 1.29 is 53.2 Å². The molecule has 73 heavy (non-hydrogen) atoms. The topological polar surface area (TPSA) is 243 Å². The Morgan fingerprint density at radius 3 is 2.15 bits per heavy atom. The molecule has 0 aromatic heterocycles. The van der Waals surface area contributed by atoms with Gasteiger partial charge in [-0.15, -0.1) is 23.5 Å². The molecule has 0 spiro atoms. The summed E-state index contributed by atoms with van der Waals surface area (Å²) in [6, 6.07) is 27.8. The number of carboxylic acids is 2. The maximum Gasteiger partial charge on any atom is 0.352 e. The van der Waals surface area contributed by atoms with Crippen LogP contribution >= 0.6 is 23.5 Å².